The maximum absolute atomic E-state index is 12.5. The molecule has 0 unspecified atom stereocenters. The van der Waals surface area contributed by atoms with Gasteiger partial charge in [-0.05, 0) is 31.9 Å². The van der Waals surface area contributed by atoms with Crippen molar-refractivity contribution in [1.29, 1.82) is 0 Å². The van der Waals surface area contributed by atoms with Gasteiger partial charge in [0.05, 0.1) is 19.6 Å². The fourth-order valence-corrected chi connectivity index (χ4v) is 2.64. The van der Waals surface area contributed by atoms with E-state index in [0.29, 0.717) is 39.1 Å². The monoisotopic (exact) mass is 363 g/mol. The number of benzene rings is 1. The van der Waals surface area contributed by atoms with Crippen LogP contribution in [-0.4, -0.2) is 43.1 Å². The van der Waals surface area contributed by atoms with E-state index in [4.69, 9.17) is 9.47 Å². The van der Waals surface area contributed by atoms with Crippen molar-refractivity contribution >= 4 is 11.9 Å². The summed E-state index contributed by atoms with van der Waals surface area (Å²) in [5.41, 5.74) is 0. The van der Waals surface area contributed by atoms with E-state index in [1.165, 1.54) is 6.42 Å². The lowest BCUT2D eigenvalue weighted by atomic mass is 10.2. The number of rotatable bonds is 14. The summed E-state index contributed by atoms with van der Waals surface area (Å²) in [5.74, 6) is 0.660. The van der Waals surface area contributed by atoms with Gasteiger partial charge in [-0.25, -0.2) is 0 Å². The molecule has 0 aromatic heterocycles. The third-order valence-corrected chi connectivity index (χ3v) is 4.07. The summed E-state index contributed by atoms with van der Waals surface area (Å²) in [6.45, 7) is 5.98. The predicted molar refractivity (Wildman–Crippen MR) is 103 cm³/mol. The molecule has 0 aliphatic rings. The molecule has 0 radical (unpaired) electrons. The molecule has 0 bridgehead atoms. The van der Waals surface area contributed by atoms with Crippen LogP contribution in [0.15, 0.2) is 30.3 Å². The van der Waals surface area contributed by atoms with Crippen LogP contribution in [0.4, 0.5) is 0 Å². The van der Waals surface area contributed by atoms with E-state index in [-0.39, 0.29) is 18.3 Å². The Kier molecular flexibility index (Phi) is 12.0. The van der Waals surface area contributed by atoms with E-state index in [9.17, 15) is 9.59 Å². The standard InChI is InChI=1S/C21H33NO4/c1-3-5-6-10-16-22(17-15-21(24)25-4-2)20(23)14-11-18-26-19-12-8-7-9-13-19/h7-9,12-13H,3-6,10-11,14-18H2,1-2H3. The summed E-state index contributed by atoms with van der Waals surface area (Å²) in [6.07, 6.45) is 5.77. The lowest BCUT2D eigenvalue weighted by Crippen LogP contribution is -2.34. The summed E-state index contributed by atoms with van der Waals surface area (Å²) < 4.78 is 10.6. The van der Waals surface area contributed by atoms with Crippen molar-refractivity contribution in [3.05, 3.63) is 30.3 Å². The van der Waals surface area contributed by atoms with Gasteiger partial charge in [0.25, 0.3) is 0 Å². The first-order chi connectivity index (χ1) is 12.7. The Morgan fingerprint density at radius 2 is 1.69 bits per heavy atom. The minimum Gasteiger partial charge on any atom is -0.494 e. The number of esters is 1. The van der Waals surface area contributed by atoms with Crippen molar-refractivity contribution in [2.45, 2.75) is 58.8 Å². The highest BCUT2D eigenvalue weighted by Gasteiger charge is 2.15. The van der Waals surface area contributed by atoms with Crippen molar-refractivity contribution in [2.24, 2.45) is 0 Å². The lowest BCUT2D eigenvalue weighted by molar-refractivity contribution is -0.144. The predicted octanol–water partition coefficient (Wildman–Crippen LogP) is 4.21. The second-order valence-corrected chi connectivity index (χ2v) is 6.26. The van der Waals surface area contributed by atoms with E-state index < -0.39 is 0 Å². The molecule has 0 atom stereocenters. The summed E-state index contributed by atoms with van der Waals surface area (Å²) >= 11 is 0. The van der Waals surface area contributed by atoms with Gasteiger partial charge in [0, 0.05) is 19.5 Å². The van der Waals surface area contributed by atoms with Gasteiger partial charge in [0.1, 0.15) is 5.75 Å². The third kappa shape index (κ3) is 10.1. The molecular weight excluding hydrogens is 330 g/mol. The van der Waals surface area contributed by atoms with Crippen LogP contribution in [0.1, 0.15) is 58.8 Å². The van der Waals surface area contributed by atoms with Crippen LogP contribution in [0.2, 0.25) is 0 Å². The van der Waals surface area contributed by atoms with Gasteiger partial charge in [0.15, 0.2) is 0 Å². The van der Waals surface area contributed by atoms with Crippen molar-refractivity contribution in [1.82, 2.24) is 4.90 Å². The molecule has 5 heteroatoms. The maximum atomic E-state index is 12.5. The number of carbonyl (C=O) groups excluding carboxylic acids is 2. The molecule has 0 N–H and O–H groups in total. The highest BCUT2D eigenvalue weighted by atomic mass is 16.5. The fourth-order valence-electron chi connectivity index (χ4n) is 2.64. The summed E-state index contributed by atoms with van der Waals surface area (Å²) in [5, 5.41) is 0. The zero-order valence-electron chi connectivity index (χ0n) is 16.2. The minimum atomic E-state index is -0.244. The molecular formula is C21H33NO4. The van der Waals surface area contributed by atoms with E-state index >= 15 is 0 Å². The average molecular weight is 363 g/mol. The number of para-hydroxylation sites is 1. The number of ether oxygens (including phenoxy) is 2. The second kappa shape index (κ2) is 14.2. The molecule has 0 heterocycles. The van der Waals surface area contributed by atoms with E-state index in [0.717, 1.165) is 25.0 Å². The van der Waals surface area contributed by atoms with Gasteiger partial charge in [-0.3, -0.25) is 9.59 Å². The SMILES string of the molecule is CCCCCCN(CCC(=O)OCC)C(=O)CCCOc1ccccc1. The molecule has 0 aliphatic heterocycles. The highest BCUT2D eigenvalue weighted by Crippen LogP contribution is 2.10. The largest absolute Gasteiger partial charge is 0.494 e. The number of carbonyl (C=O) groups is 2. The van der Waals surface area contributed by atoms with Crippen molar-refractivity contribution in [3.63, 3.8) is 0 Å². The molecule has 26 heavy (non-hydrogen) atoms. The molecule has 1 aromatic carbocycles. The Hall–Kier alpha value is -2.04. The van der Waals surface area contributed by atoms with Crippen LogP contribution in [0.5, 0.6) is 5.75 Å². The molecule has 1 amide bonds. The number of amides is 1. The Bertz CT molecular complexity index is 504. The first kappa shape index (κ1) is 22.0. The van der Waals surface area contributed by atoms with Crippen LogP contribution >= 0.6 is 0 Å². The van der Waals surface area contributed by atoms with Crippen LogP contribution < -0.4 is 4.74 Å². The Morgan fingerprint density at radius 3 is 2.38 bits per heavy atom. The van der Waals surface area contributed by atoms with Gasteiger partial charge in [-0.15, -0.1) is 0 Å². The normalized spacial score (nSPS) is 10.4. The van der Waals surface area contributed by atoms with Crippen LogP contribution in [0.3, 0.4) is 0 Å². The fraction of sp³-hybridized carbons (Fsp3) is 0.619. The average Bonchev–Trinajstić information content (AvgIpc) is 2.65. The minimum absolute atomic E-state index is 0.0856. The van der Waals surface area contributed by atoms with E-state index in [1.54, 1.807) is 11.8 Å². The molecule has 1 rings (SSSR count). The zero-order valence-corrected chi connectivity index (χ0v) is 16.2. The molecule has 5 nitrogen and oxygen atoms in total. The van der Waals surface area contributed by atoms with E-state index in [2.05, 4.69) is 6.92 Å². The molecule has 0 fully saturated rings. The van der Waals surface area contributed by atoms with Gasteiger partial charge < -0.3 is 14.4 Å². The molecule has 0 spiro atoms. The number of hydrogen-bond acceptors (Lipinski definition) is 4. The topological polar surface area (TPSA) is 55.8 Å². The first-order valence-electron chi connectivity index (χ1n) is 9.78. The van der Waals surface area contributed by atoms with Crippen LogP contribution in [-0.2, 0) is 14.3 Å². The van der Waals surface area contributed by atoms with Crippen molar-refractivity contribution in [2.75, 3.05) is 26.3 Å². The molecule has 146 valence electrons. The third-order valence-electron chi connectivity index (χ3n) is 4.07. The van der Waals surface area contributed by atoms with Crippen molar-refractivity contribution < 1.29 is 19.1 Å². The molecule has 0 saturated heterocycles. The smallest absolute Gasteiger partial charge is 0.307 e. The molecule has 0 saturated carbocycles. The van der Waals surface area contributed by atoms with Gasteiger partial charge in [0.2, 0.25) is 5.91 Å². The van der Waals surface area contributed by atoms with E-state index in [1.807, 2.05) is 30.3 Å². The zero-order chi connectivity index (χ0) is 19.0. The Balaban J connectivity index is 2.36. The van der Waals surface area contributed by atoms with Gasteiger partial charge in [-0.2, -0.15) is 0 Å². The molecule has 1 aromatic rings. The van der Waals surface area contributed by atoms with Gasteiger partial charge >= 0.3 is 5.97 Å². The summed E-state index contributed by atoms with van der Waals surface area (Å²) in [4.78, 5) is 25.9. The Morgan fingerprint density at radius 1 is 0.923 bits per heavy atom. The summed E-state index contributed by atoms with van der Waals surface area (Å²) in [6, 6.07) is 9.60. The quantitative estimate of drug-likeness (QED) is 0.367. The van der Waals surface area contributed by atoms with Crippen LogP contribution in [0.25, 0.3) is 0 Å². The second-order valence-electron chi connectivity index (χ2n) is 6.26. The number of unbranched alkanes of at least 4 members (excludes halogenated alkanes) is 3. The lowest BCUT2D eigenvalue weighted by Gasteiger charge is -2.22. The van der Waals surface area contributed by atoms with Gasteiger partial charge in [-0.1, -0.05) is 44.4 Å². The first-order valence-corrected chi connectivity index (χ1v) is 9.78. The molecule has 0 aliphatic carbocycles. The number of nitrogens with zero attached hydrogens (tertiary/aromatic N) is 1. The number of hydrogen-bond donors (Lipinski definition) is 0. The summed E-state index contributed by atoms with van der Waals surface area (Å²) in [7, 11) is 0. The van der Waals surface area contributed by atoms with Crippen LogP contribution in [0, 0.1) is 0 Å². The Labute approximate surface area is 157 Å². The maximum Gasteiger partial charge on any atom is 0.307 e. The highest BCUT2D eigenvalue weighted by molar-refractivity contribution is 5.77. The van der Waals surface area contributed by atoms with Crippen molar-refractivity contribution in [3.8, 4) is 5.75 Å².